The number of rotatable bonds is 27. The third kappa shape index (κ3) is 19.5. The van der Waals surface area contributed by atoms with Gasteiger partial charge in [0.05, 0.1) is 18.6 Å². The maximum Gasteiger partial charge on any atom is 0.326 e. The van der Waals surface area contributed by atoms with Gasteiger partial charge in [-0.2, -0.15) is 0 Å². The number of hydrogen-bond donors (Lipinski definition) is 5. The van der Waals surface area contributed by atoms with E-state index in [0.29, 0.717) is 28.5 Å². The van der Waals surface area contributed by atoms with E-state index in [1.54, 1.807) is 65.0 Å². The zero-order valence-electron chi connectivity index (χ0n) is 40.8. The summed E-state index contributed by atoms with van der Waals surface area (Å²) in [6, 6.07) is 2.22. The Morgan fingerprint density at radius 2 is 1.55 bits per heavy atom. The predicted octanol–water partition coefficient (Wildman–Crippen LogP) is 5.11. The standard InChI is InChI=1S/C47H75ClN6O10S/c1-15-28(5)39(45(60)61)52-38(55)25-53(12)44(59)36(24-33-18-20-34(48)21-19-33)54(13)43(58)32(9)50-42(57)35(23-27(3)4)51-41(56)30(7)17-22-37(63-26-65-14)31(8)40(29(6)16-2)64-46(62)47(10,11)49/h16-21,27-28,31-32,35-37,39-40H,15,22-26,49H2,1-14H3,(H,50,57)(H,51,56)(H,52,55)(H,60,61)/b29-16+,30-17+/t28-,31+,32+,35-,36-,37+,39+,40-/m1/s1. The maximum atomic E-state index is 14.0. The lowest BCUT2D eigenvalue weighted by Crippen LogP contribution is -2.57. The third-order valence-electron chi connectivity index (χ3n) is 11.2. The number of esters is 1. The molecule has 5 amide bonds. The van der Waals surface area contributed by atoms with Crippen LogP contribution in [0.4, 0.5) is 0 Å². The second-order valence-corrected chi connectivity index (χ2v) is 19.1. The molecule has 1 rings (SSSR count). The van der Waals surface area contributed by atoms with Gasteiger partial charge in [-0.25, -0.2) is 4.79 Å². The summed E-state index contributed by atoms with van der Waals surface area (Å²) in [5, 5.41) is 18.2. The van der Waals surface area contributed by atoms with Crippen LogP contribution in [0.2, 0.25) is 5.02 Å². The Kier molecular flexibility index (Phi) is 25.1. The molecule has 0 heterocycles. The zero-order chi connectivity index (χ0) is 49.9. The van der Waals surface area contributed by atoms with Crippen molar-refractivity contribution in [2.75, 3.05) is 32.8 Å². The number of carbonyl (C=O) groups is 7. The molecule has 0 aliphatic rings. The van der Waals surface area contributed by atoms with Gasteiger partial charge in [-0.1, -0.05) is 76.9 Å². The van der Waals surface area contributed by atoms with Crippen molar-refractivity contribution in [1.82, 2.24) is 25.8 Å². The van der Waals surface area contributed by atoms with E-state index in [2.05, 4.69) is 16.0 Å². The molecule has 0 aromatic heterocycles. The number of carboxylic acid groups (broad SMARTS) is 1. The third-order valence-corrected chi connectivity index (χ3v) is 11.8. The Labute approximate surface area is 395 Å². The smallest absolute Gasteiger partial charge is 0.326 e. The Balaban J connectivity index is 3.32. The van der Waals surface area contributed by atoms with Crippen LogP contribution in [-0.4, -0.2) is 131 Å². The van der Waals surface area contributed by atoms with Crippen LogP contribution in [0.3, 0.4) is 0 Å². The van der Waals surface area contributed by atoms with Gasteiger partial charge in [-0.3, -0.25) is 28.8 Å². The average Bonchev–Trinajstić information content (AvgIpc) is 3.24. The quantitative estimate of drug-likeness (QED) is 0.0336. The number of nitrogens with zero attached hydrogens (tertiary/aromatic N) is 2. The summed E-state index contributed by atoms with van der Waals surface area (Å²) in [5.41, 5.74) is 6.62. The number of hydrogen-bond acceptors (Lipinski definition) is 11. The number of thioether (sulfide) groups is 1. The molecule has 16 nitrogen and oxygen atoms in total. The number of nitrogens with two attached hydrogens (primary N) is 1. The number of nitrogens with one attached hydrogen (secondary N) is 3. The highest BCUT2D eigenvalue weighted by Crippen LogP contribution is 2.27. The van der Waals surface area contributed by atoms with Gasteiger partial charge in [0.2, 0.25) is 29.5 Å². The fourth-order valence-corrected chi connectivity index (χ4v) is 7.15. The van der Waals surface area contributed by atoms with Crippen molar-refractivity contribution in [3.63, 3.8) is 0 Å². The Bertz CT molecular complexity index is 1840. The summed E-state index contributed by atoms with van der Waals surface area (Å²) in [7, 11) is 2.80. The summed E-state index contributed by atoms with van der Waals surface area (Å²) in [5.74, 6) is -5.15. The van der Waals surface area contributed by atoms with Gasteiger partial charge < -0.3 is 46.1 Å². The summed E-state index contributed by atoms with van der Waals surface area (Å²) in [6.07, 6.45) is 5.43. The van der Waals surface area contributed by atoms with Gasteiger partial charge in [0, 0.05) is 37.0 Å². The first-order chi connectivity index (χ1) is 30.2. The lowest BCUT2D eigenvalue weighted by Gasteiger charge is -2.33. The highest BCUT2D eigenvalue weighted by atomic mass is 35.5. The van der Waals surface area contributed by atoms with Crippen molar-refractivity contribution in [3.8, 4) is 0 Å². The van der Waals surface area contributed by atoms with Gasteiger partial charge >= 0.3 is 11.9 Å². The number of carboxylic acids is 1. The SMILES string of the molecule is C/C=C(\C)[C@@H](OC(=O)C(C)(C)N)[C@@H](C)[C@H](C/C=C(\C)C(=O)N[C@H](CC(C)C)C(=O)N[C@@H](C)C(=O)N(C)[C@H](Cc1ccc(Cl)cc1)C(=O)N(C)CC(=O)N[C@H](C(=O)O)[C@H](C)CC)OCSC. The van der Waals surface area contributed by atoms with Crippen LogP contribution in [-0.2, 0) is 49.5 Å². The van der Waals surface area contributed by atoms with E-state index >= 15 is 0 Å². The number of allylic oxidation sites excluding steroid dienone is 1. The number of benzene rings is 1. The van der Waals surface area contributed by atoms with Crippen molar-refractivity contribution in [2.24, 2.45) is 23.5 Å². The van der Waals surface area contributed by atoms with Crippen molar-refractivity contribution < 1.29 is 48.1 Å². The molecule has 8 atom stereocenters. The minimum absolute atomic E-state index is 0.0294. The highest BCUT2D eigenvalue weighted by molar-refractivity contribution is 7.98. The normalized spacial score (nSPS) is 15.9. The lowest BCUT2D eigenvalue weighted by molar-refractivity contribution is -0.157. The van der Waals surface area contributed by atoms with Gasteiger partial charge in [0.1, 0.15) is 35.8 Å². The van der Waals surface area contributed by atoms with Crippen LogP contribution < -0.4 is 21.7 Å². The molecular formula is C47H75ClN6O10S. The van der Waals surface area contributed by atoms with Gasteiger partial charge in [-0.05, 0) is 95.7 Å². The van der Waals surface area contributed by atoms with Crippen molar-refractivity contribution in [3.05, 3.63) is 58.1 Å². The summed E-state index contributed by atoms with van der Waals surface area (Å²) in [4.78, 5) is 95.6. The predicted molar refractivity (Wildman–Crippen MR) is 256 cm³/mol. The largest absolute Gasteiger partial charge is 0.480 e. The molecule has 18 heteroatoms. The Morgan fingerprint density at radius 1 is 0.954 bits per heavy atom. The molecular weight excluding hydrogens is 876 g/mol. The van der Waals surface area contributed by atoms with Gasteiger partial charge in [-0.15, -0.1) is 11.8 Å². The fraction of sp³-hybridized carbons (Fsp3) is 0.638. The first-order valence-corrected chi connectivity index (χ1v) is 23.8. The Hall–Kier alpha value is -4.45. The van der Waals surface area contributed by atoms with Crippen LogP contribution in [0.15, 0.2) is 47.6 Å². The van der Waals surface area contributed by atoms with Gasteiger partial charge in [0.25, 0.3) is 0 Å². The average molecular weight is 952 g/mol. The molecule has 0 spiro atoms. The van der Waals surface area contributed by atoms with E-state index < -0.39 is 89.9 Å². The maximum absolute atomic E-state index is 14.0. The van der Waals surface area contributed by atoms with E-state index in [-0.39, 0.29) is 37.0 Å². The molecule has 1 aromatic carbocycles. The van der Waals surface area contributed by atoms with Crippen LogP contribution >= 0.6 is 23.4 Å². The summed E-state index contributed by atoms with van der Waals surface area (Å²) < 4.78 is 12.1. The van der Waals surface area contributed by atoms with Crippen LogP contribution in [0.1, 0.15) is 101 Å². The minimum Gasteiger partial charge on any atom is -0.480 e. The molecule has 1 aromatic rings. The molecule has 0 saturated carbocycles. The number of ether oxygens (including phenoxy) is 2. The second-order valence-electron chi connectivity index (χ2n) is 17.8. The van der Waals surface area contributed by atoms with E-state index in [1.807, 2.05) is 47.0 Å². The molecule has 0 bridgehead atoms. The summed E-state index contributed by atoms with van der Waals surface area (Å²) >= 11 is 7.59. The van der Waals surface area contributed by atoms with Crippen LogP contribution in [0.5, 0.6) is 0 Å². The number of halogens is 1. The molecule has 0 radical (unpaired) electrons. The molecule has 6 N–H and O–H groups in total. The molecule has 0 aliphatic carbocycles. The number of carbonyl (C=O) groups excluding carboxylic acids is 6. The monoisotopic (exact) mass is 950 g/mol. The fourth-order valence-electron chi connectivity index (χ4n) is 6.71. The molecule has 366 valence electrons. The van der Waals surface area contributed by atoms with E-state index in [9.17, 15) is 38.7 Å². The molecule has 0 saturated heterocycles. The minimum atomic E-state index is -1.21. The van der Waals surface area contributed by atoms with Crippen molar-refractivity contribution in [1.29, 1.82) is 0 Å². The second kappa shape index (κ2) is 27.9. The van der Waals surface area contributed by atoms with Crippen molar-refractivity contribution in [2.45, 2.75) is 144 Å². The summed E-state index contributed by atoms with van der Waals surface area (Å²) in [6.45, 7) is 18.7. The first-order valence-electron chi connectivity index (χ1n) is 22.0. The van der Waals surface area contributed by atoms with Gasteiger partial charge in [0.15, 0.2) is 0 Å². The van der Waals surface area contributed by atoms with Crippen molar-refractivity contribution >= 4 is 64.8 Å². The lowest BCUT2D eigenvalue weighted by atomic mass is 9.90. The molecule has 0 aliphatic heterocycles. The number of aliphatic carboxylic acids is 1. The van der Waals surface area contributed by atoms with E-state index in [1.165, 1.54) is 37.7 Å². The van der Waals surface area contributed by atoms with Crippen LogP contribution in [0, 0.1) is 17.8 Å². The Morgan fingerprint density at radius 3 is 2.06 bits per heavy atom. The number of amides is 5. The molecule has 0 unspecified atom stereocenters. The zero-order valence-corrected chi connectivity index (χ0v) is 42.4. The number of likely N-dealkylation sites (N-methyl/N-ethyl adjacent to an activating group) is 2. The first kappa shape index (κ1) is 58.6. The molecule has 0 fully saturated rings. The highest BCUT2D eigenvalue weighted by Gasteiger charge is 2.36. The topological polar surface area (TPSA) is 227 Å². The van der Waals surface area contributed by atoms with Crippen LogP contribution in [0.25, 0.3) is 0 Å². The van der Waals surface area contributed by atoms with E-state index in [4.69, 9.17) is 26.8 Å². The molecule has 65 heavy (non-hydrogen) atoms. The van der Waals surface area contributed by atoms with E-state index in [0.717, 1.165) is 10.5 Å².